The second-order valence-corrected chi connectivity index (χ2v) is 4.88. The molecule has 0 saturated carbocycles. The maximum Gasteiger partial charge on any atom is 0.345 e. The molecule has 2 aromatic rings. The molecule has 0 fully saturated rings. The molecule has 17 heavy (non-hydrogen) atoms. The number of thiophene rings is 1. The van der Waals surface area contributed by atoms with Gasteiger partial charge in [-0.3, -0.25) is 4.98 Å². The van der Waals surface area contributed by atoms with Gasteiger partial charge in [-0.15, -0.1) is 11.3 Å². The third-order valence-electron chi connectivity index (χ3n) is 2.49. The Morgan fingerprint density at radius 1 is 1.41 bits per heavy atom. The van der Waals surface area contributed by atoms with Crippen LogP contribution in [0.15, 0.2) is 30.6 Å². The van der Waals surface area contributed by atoms with Crippen LogP contribution in [0, 0.1) is 0 Å². The van der Waals surface area contributed by atoms with E-state index in [0.29, 0.717) is 4.88 Å². The number of pyridine rings is 1. The van der Waals surface area contributed by atoms with Crippen LogP contribution in [-0.4, -0.2) is 16.1 Å². The van der Waals surface area contributed by atoms with Gasteiger partial charge in [0.2, 0.25) is 0 Å². The maximum absolute atomic E-state index is 11.0. The van der Waals surface area contributed by atoms with Gasteiger partial charge in [-0.25, -0.2) is 4.79 Å². The maximum atomic E-state index is 11.0. The first-order valence-electron chi connectivity index (χ1n) is 5.48. The molecular formula is C13H13NO2S. The standard InChI is InChI=1S/C13H13NO2S/c1-2-3-11-10(8-12(17-11)13(15)16)9-4-6-14-7-5-9/h4-8H,2-3H2,1H3,(H,15,16). The number of carboxylic acids is 1. The molecule has 0 aliphatic carbocycles. The molecule has 3 nitrogen and oxygen atoms in total. The van der Waals surface area contributed by atoms with Gasteiger partial charge in [0.25, 0.3) is 0 Å². The highest BCUT2D eigenvalue weighted by atomic mass is 32.1. The number of aromatic carboxylic acids is 1. The van der Waals surface area contributed by atoms with Crippen LogP contribution in [0.2, 0.25) is 0 Å². The Morgan fingerprint density at radius 3 is 2.71 bits per heavy atom. The molecule has 0 saturated heterocycles. The molecule has 0 aromatic carbocycles. The van der Waals surface area contributed by atoms with Crippen molar-refractivity contribution in [2.75, 3.05) is 0 Å². The largest absolute Gasteiger partial charge is 0.477 e. The van der Waals surface area contributed by atoms with E-state index < -0.39 is 5.97 Å². The van der Waals surface area contributed by atoms with Crippen molar-refractivity contribution in [3.63, 3.8) is 0 Å². The minimum absolute atomic E-state index is 0.403. The van der Waals surface area contributed by atoms with Crippen LogP contribution in [0.3, 0.4) is 0 Å². The molecule has 0 aliphatic rings. The number of hydrogen-bond acceptors (Lipinski definition) is 3. The van der Waals surface area contributed by atoms with Crippen LogP contribution in [0.5, 0.6) is 0 Å². The molecular weight excluding hydrogens is 234 g/mol. The Morgan fingerprint density at radius 2 is 2.12 bits per heavy atom. The van der Waals surface area contributed by atoms with E-state index in [1.54, 1.807) is 18.5 Å². The minimum Gasteiger partial charge on any atom is -0.477 e. The van der Waals surface area contributed by atoms with E-state index >= 15 is 0 Å². The van der Waals surface area contributed by atoms with E-state index in [2.05, 4.69) is 11.9 Å². The number of hydrogen-bond donors (Lipinski definition) is 1. The zero-order valence-corrected chi connectivity index (χ0v) is 10.3. The van der Waals surface area contributed by atoms with Gasteiger partial charge in [-0.05, 0) is 35.7 Å². The lowest BCUT2D eigenvalue weighted by atomic mass is 10.1. The van der Waals surface area contributed by atoms with Gasteiger partial charge in [0.1, 0.15) is 4.88 Å². The summed E-state index contributed by atoms with van der Waals surface area (Å²) in [5.74, 6) is -0.854. The van der Waals surface area contributed by atoms with Crippen LogP contribution in [0.4, 0.5) is 0 Å². The lowest BCUT2D eigenvalue weighted by Crippen LogP contribution is -1.89. The van der Waals surface area contributed by atoms with Gasteiger partial charge in [-0.1, -0.05) is 13.3 Å². The molecule has 0 spiro atoms. The van der Waals surface area contributed by atoms with Gasteiger partial charge in [0.05, 0.1) is 0 Å². The number of aryl methyl sites for hydroxylation is 1. The summed E-state index contributed by atoms with van der Waals surface area (Å²) in [6, 6.07) is 5.58. The molecule has 88 valence electrons. The molecule has 0 radical (unpaired) electrons. The van der Waals surface area contributed by atoms with E-state index in [1.807, 2.05) is 12.1 Å². The topological polar surface area (TPSA) is 50.2 Å². The Balaban J connectivity index is 2.48. The van der Waals surface area contributed by atoms with Gasteiger partial charge in [0.15, 0.2) is 0 Å². The first-order valence-corrected chi connectivity index (χ1v) is 6.30. The Labute approximate surface area is 104 Å². The lowest BCUT2D eigenvalue weighted by Gasteiger charge is -2.01. The van der Waals surface area contributed by atoms with Gasteiger partial charge >= 0.3 is 5.97 Å². The van der Waals surface area contributed by atoms with E-state index in [-0.39, 0.29) is 0 Å². The van der Waals surface area contributed by atoms with Crippen molar-refractivity contribution < 1.29 is 9.90 Å². The number of nitrogens with zero attached hydrogens (tertiary/aromatic N) is 1. The van der Waals surface area contributed by atoms with E-state index in [4.69, 9.17) is 5.11 Å². The third-order valence-corrected chi connectivity index (χ3v) is 3.67. The lowest BCUT2D eigenvalue weighted by molar-refractivity contribution is 0.0702. The first kappa shape index (κ1) is 11.8. The fraction of sp³-hybridized carbons (Fsp3) is 0.231. The fourth-order valence-corrected chi connectivity index (χ4v) is 2.85. The highest BCUT2D eigenvalue weighted by molar-refractivity contribution is 7.14. The van der Waals surface area contributed by atoms with Crippen LogP contribution in [0.1, 0.15) is 27.9 Å². The predicted molar refractivity (Wildman–Crippen MR) is 68.5 cm³/mol. The molecule has 1 N–H and O–H groups in total. The highest BCUT2D eigenvalue weighted by Gasteiger charge is 2.14. The number of carbonyl (C=O) groups is 1. The normalized spacial score (nSPS) is 10.4. The van der Waals surface area contributed by atoms with Crippen molar-refractivity contribution >= 4 is 17.3 Å². The second kappa shape index (κ2) is 5.10. The average Bonchev–Trinajstić information content (AvgIpc) is 2.75. The molecule has 2 heterocycles. The molecule has 0 bridgehead atoms. The summed E-state index contributed by atoms with van der Waals surface area (Å²) < 4.78 is 0. The van der Waals surface area contributed by atoms with Crippen molar-refractivity contribution in [2.24, 2.45) is 0 Å². The monoisotopic (exact) mass is 247 g/mol. The van der Waals surface area contributed by atoms with Crippen LogP contribution < -0.4 is 0 Å². The summed E-state index contributed by atoms with van der Waals surface area (Å²) >= 11 is 1.37. The van der Waals surface area contributed by atoms with E-state index in [0.717, 1.165) is 28.8 Å². The number of rotatable bonds is 4. The SMILES string of the molecule is CCCc1sc(C(=O)O)cc1-c1ccncc1. The Hall–Kier alpha value is -1.68. The molecule has 2 aromatic heterocycles. The van der Waals surface area contributed by atoms with Crippen molar-refractivity contribution in [3.8, 4) is 11.1 Å². The zero-order chi connectivity index (χ0) is 12.3. The van der Waals surface area contributed by atoms with Crippen LogP contribution in [0.25, 0.3) is 11.1 Å². The fourth-order valence-electron chi connectivity index (χ4n) is 1.72. The van der Waals surface area contributed by atoms with Crippen molar-refractivity contribution in [1.29, 1.82) is 0 Å². The van der Waals surface area contributed by atoms with Gasteiger partial charge in [0, 0.05) is 17.3 Å². The van der Waals surface area contributed by atoms with Crippen LogP contribution in [-0.2, 0) is 6.42 Å². The molecule has 2 rings (SSSR count). The summed E-state index contributed by atoms with van der Waals surface area (Å²) in [4.78, 5) is 16.5. The smallest absolute Gasteiger partial charge is 0.345 e. The average molecular weight is 247 g/mol. The first-order chi connectivity index (χ1) is 8.22. The molecule has 0 amide bonds. The second-order valence-electron chi connectivity index (χ2n) is 3.74. The summed E-state index contributed by atoms with van der Waals surface area (Å²) in [5.41, 5.74) is 2.06. The third kappa shape index (κ3) is 2.53. The van der Waals surface area contributed by atoms with Crippen LogP contribution >= 0.6 is 11.3 Å². The minimum atomic E-state index is -0.854. The van der Waals surface area contributed by atoms with Gasteiger partial charge in [-0.2, -0.15) is 0 Å². The van der Waals surface area contributed by atoms with Crippen molar-refractivity contribution in [1.82, 2.24) is 4.98 Å². The van der Waals surface area contributed by atoms with Gasteiger partial charge < -0.3 is 5.11 Å². The Bertz CT molecular complexity index is 519. The number of carboxylic acid groups (broad SMARTS) is 1. The summed E-state index contributed by atoms with van der Waals surface area (Å²) in [6.45, 7) is 2.09. The number of aromatic nitrogens is 1. The molecule has 0 aliphatic heterocycles. The molecule has 4 heteroatoms. The zero-order valence-electron chi connectivity index (χ0n) is 9.51. The summed E-state index contributed by atoms with van der Waals surface area (Å²) in [6.07, 6.45) is 5.37. The molecule has 0 unspecified atom stereocenters. The molecule has 0 atom stereocenters. The summed E-state index contributed by atoms with van der Waals surface area (Å²) in [5, 5.41) is 9.04. The van der Waals surface area contributed by atoms with Crippen molar-refractivity contribution in [2.45, 2.75) is 19.8 Å². The van der Waals surface area contributed by atoms with Crippen molar-refractivity contribution in [3.05, 3.63) is 40.3 Å². The quantitative estimate of drug-likeness (QED) is 0.900. The van der Waals surface area contributed by atoms with E-state index in [9.17, 15) is 4.79 Å². The van der Waals surface area contributed by atoms with E-state index in [1.165, 1.54) is 11.3 Å². The highest BCUT2D eigenvalue weighted by Crippen LogP contribution is 2.32. The predicted octanol–water partition coefficient (Wildman–Crippen LogP) is 3.46. The summed E-state index contributed by atoms with van der Waals surface area (Å²) in [7, 11) is 0. The Kier molecular flexibility index (Phi) is 3.54.